The molecule has 3 aromatic heterocycles. The fraction of sp³-hybridized carbons (Fsp3) is 0.263. The zero-order chi connectivity index (χ0) is 21.0. The maximum Gasteiger partial charge on any atom is 0.292 e. The second-order valence-corrected chi connectivity index (χ2v) is 6.88. The third kappa shape index (κ3) is 2.69. The number of rotatable bonds is 3. The topological polar surface area (TPSA) is 101 Å². The lowest BCUT2D eigenvalue weighted by molar-refractivity contribution is 0.0620. The van der Waals surface area contributed by atoms with Gasteiger partial charge < -0.3 is 18.7 Å². The zero-order valence-electron chi connectivity index (χ0n) is 15.5. The Kier molecular flexibility index (Phi) is 4.12. The van der Waals surface area contributed by atoms with Crippen molar-refractivity contribution in [1.82, 2.24) is 24.8 Å². The Morgan fingerprint density at radius 3 is 2.93 bits per heavy atom. The zero-order valence-corrected chi connectivity index (χ0v) is 15.5. The molecule has 30 heavy (non-hydrogen) atoms. The summed E-state index contributed by atoms with van der Waals surface area (Å²) in [6.07, 6.45) is -0.318. The number of fused-ring (bicyclic) bond motifs is 2. The van der Waals surface area contributed by atoms with Gasteiger partial charge >= 0.3 is 0 Å². The number of H-pyrrole nitrogens is 1. The fourth-order valence-electron chi connectivity index (χ4n) is 3.68. The lowest BCUT2D eigenvalue weighted by atomic mass is 10.0. The molecule has 11 heteroatoms. The van der Waals surface area contributed by atoms with Crippen molar-refractivity contribution >= 4 is 17.0 Å². The normalized spacial score (nSPS) is 16.4. The van der Waals surface area contributed by atoms with E-state index in [1.807, 2.05) is 0 Å². The highest BCUT2D eigenvalue weighted by atomic mass is 19.3. The van der Waals surface area contributed by atoms with E-state index in [0.717, 1.165) is 12.1 Å². The van der Waals surface area contributed by atoms with Crippen molar-refractivity contribution in [1.29, 1.82) is 0 Å². The Balaban J connectivity index is 1.65. The van der Waals surface area contributed by atoms with Crippen molar-refractivity contribution in [3.63, 3.8) is 0 Å². The second-order valence-electron chi connectivity index (χ2n) is 6.88. The van der Waals surface area contributed by atoms with E-state index < -0.39 is 35.6 Å². The molecule has 0 saturated carbocycles. The van der Waals surface area contributed by atoms with E-state index in [-0.39, 0.29) is 18.0 Å². The van der Waals surface area contributed by atoms with Crippen LogP contribution in [0.25, 0.3) is 11.1 Å². The minimum Gasteiger partial charge on any atom is -0.438 e. The quantitative estimate of drug-likeness (QED) is 0.545. The van der Waals surface area contributed by atoms with Crippen molar-refractivity contribution in [2.75, 3.05) is 6.54 Å². The third-order valence-corrected chi connectivity index (χ3v) is 5.13. The van der Waals surface area contributed by atoms with Gasteiger partial charge in [0.05, 0.1) is 12.0 Å². The van der Waals surface area contributed by atoms with Gasteiger partial charge in [-0.2, -0.15) is 0 Å². The molecule has 0 aliphatic carbocycles. The van der Waals surface area contributed by atoms with Crippen LogP contribution in [-0.2, 0) is 6.42 Å². The van der Waals surface area contributed by atoms with Gasteiger partial charge in [0.25, 0.3) is 12.3 Å². The summed E-state index contributed by atoms with van der Waals surface area (Å²) in [5.74, 6) is -1.94. The van der Waals surface area contributed by atoms with Crippen molar-refractivity contribution in [3.05, 3.63) is 65.0 Å². The van der Waals surface area contributed by atoms with Crippen LogP contribution in [-0.4, -0.2) is 37.3 Å². The molecule has 1 aliphatic heterocycles. The van der Waals surface area contributed by atoms with E-state index in [1.165, 1.54) is 17.3 Å². The molecule has 1 atom stereocenters. The van der Waals surface area contributed by atoms with Crippen LogP contribution in [0.5, 0.6) is 0 Å². The molecule has 5 rings (SSSR count). The number of hydrogen-bond donors (Lipinski definition) is 1. The number of alkyl halides is 2. The van der Waals surface area contributed by atoms with Crippen molar-refractivity contribution in [2.24, 2.45) is 0 Å². The smallest absolute Gasteiger partial charge is 0.292 e. The number of oxazole rings is 2. The van der Waals surface area contributed by atoms with E-state index in [2.05, 4.69) is 19.9 Å². The molecule has 4 aromatic rings. The second kappa shape index (κ2) is 6.71. The SMILES string of the molecule is Cc1ccc(F)c2oc([C@@H]3c4nc[nH]c4CCN3C(=O)c3ocnc3C(F)F)nc12. The van der Waals surface area contributed by atoms with Gasteiger partial charge in [0, 0.05) is 18.7 Å². The molecule has 1 N–H and O–H groups in total. The molecule has 0 fully saturated rings. The molecule has 0 spiro atoms. The molecule has 154 valence electrons. The summed E-state index contributed by atoms with van der Waals surface area (Å²) in [7, 11) is 0. The summed E-state index contributed by atoms with van der Waals surface area (Å²) in [4.78, 5) is 29.5. The molecule has 1 amide bonds. The summed E-state index contributed by atoms with van der Waals surface area (Å²) in [6.45, 7) is 1.91. The monoisotopic (exact) mass is 417 g/mol. The maximum absolute atomic E-state index is 14.3. The first kappa shape index (κ1) is 18.4. The summed E-state index contributed by atoms with van der Waals surface area (Å²) in [5.41, 5.74) is 1.40. The number of benzene rings is 1. The highest BCUT2D eigenvalue weighted by molar-refractivity contribution is 5.93. The van der Waals surface area contributed by atoms with Crippen molar-refractivity contribution in [3.8, 4) is 0 Å². The molecule has 0 saturated heterocycles. The molecule has 1 aliphatic rings. The number of nitrogens with one attached hydrogen (secondary N) is 1. The number of carbonyl (C=O) groups excluding carboxylic acids is 1. The lowest BCUT2D eigenvalue weighted by Crippen LogP contribution is -2.41. The summed E-state index contributed by atoms with van der Waals surface area (Å²) in [5, 5.41) is 0. The number of carbonyl (C=O) groups is 1. The number of nitrogens with zero attached hydrogens (tertiary/aromatic N) is 4. The first-order valence-corrected chi connectivity index (χ1v) is 9.06. The standard InChI is InChI=1S/C19H14F3N5O3/c1-8-2-3-9(20)15-11(8)26-18(30-15)14-12-10(23-6-24-12)4-5-27(14)19(28)16-13(17(21)22)25-7-29-16/h2-3,6-7,14,17H,4-5H2,1H3,(H,23,24)/t14-/m0/s1. The number of imidazole rings is 1. The number of amides is 1. The van der Waals surface area contributed by atoms with Crippen LogP contribution in [0.3, 0.4) is 0 Å². The van der Waals surface area contributed by atoms with Crippen LogP contribution in [0.2, 0.25) is 0 Å². The number of aromatic amines is 1. The summed E-state index contributed by atoms with van der Waals surface area (Å²) in [6, 6.07) is 1.88. The number of hydrogen-bond acceptors (Lipinski definition) is 6. The minimum atomic E-state index is -2.98. The molecule has 4 heterocycles. The molecule has 0 radical (unpaired) electrons. The van der Waals surface area contributed by atoms with E-state index in [9.17, 15) is 18.0 Å². The highest BCUT2D eigenvalue weighted by Crippen LogP contribution is 2.37. The lowest BCUT2D eigenvalue weighted by Gasteiger charge is -2.32. The third-order valence-electron chi connectivity index (χ3n) is 5.13. The van der Waals surface area contributed by atoms with E-state index >= 15 is 0 Å². The van der Waals surface area contributed by atoms with Crippen LogP contribution in [0.15, 0.2) is 33.7 Å². The molecule has 1 aromatic carbocycles. The summed E-state index contributed by atoms with van der Waals surface area (Å²) >= 11 is 0. The predicted octanol–water partition coefficient (Wildman–Crippen LogP) is 3.71. The van der Waals surface area contributed by atoms with Gasteiger partial charge in [0.15, 0.2) is 29.5 Å². The molecule has 8 nitrogen and oxygen atoms in total. The van der Waals surface area contributed by atoms with Crippen LogP contribution in [0.4, 0.5) is 13.2 Å². The first-order valence-electron chi connectivity index (χ1n) is 9.06. The number of halogens is 3. The largest absolute Gasteiger partial charge is 0.438 e. The van der Waals surface area contributed by atoms with E-state index in [1.54, 1.807) is 13.0 Å². The van der Waals surface area contributed by atoms with Crippen molar-refractivity contribution < 1.29 is 26.8 Å². The predicted molar refractivity (Wildman–Crippen MR) is 95.3 cm³/mol. The van der Waals surface area contributed by atoms with Crippen molar-refractivity contribution in [2.45, 2.75) is 25.8 Å². The van der Waals surface area contributed by atoms with E-state index in [0.29, 0.717) is 23.2 Å². The Morgan fingerprint density at radius 2 is 2.17 bits per heavy atom. The maximum atomic E-state index is 14.3. The Bertz CT molecular complexity index is 1220. The average Bonchev–Trinajstić information content (AvgIpc) is 3.48. The summed E-state index contributed by atoms with van der Waals surface area (Å²) < 4.78 is 51.4. The van der Waals surface area contributed by atoms with Crippen LogP contribution in [0.1, 0.15) is 51.6 Å². The van der Waals surface area contributed by atoms with Gasteiger partial charge in [-0.1, -0.05) is 6.07 Å². The minimum absolute atomic E-state index is 0.0257. The molecule has 0 unspecified atom stereocenters. The Hall–Kier alpha value is -3.63. The van der Waals surface area contributed by atoms with Gasteiger partial charge in [0.2, 0.25) is 11.7 Å². The Labute approximate surface area is 166 Å². The van der Waals surface area contributed by atoms with Crippen LogP contribution >= 0.6 is 0 Å². The van der Waals surface area contributed by atoms with Gasteiger partial charge in [-0.3, -0.25) is 4.79 Å². The highest BCUT2D eigenvalue weighted by Gasteiger charge is 2.40. The average molecular weight is 417 g/mol. The number of aromatic nitrogens is 4. The molecule has 0 bridgehead atoms. The van der Waals surface area contributed by atoms with Gasteiger partial charge in [0.1, 0.15) is 5.52 Å². The van der Waals surface area contributed by atoms with E-state index in [4.69, 9.17) is 8.83 Å². The molecular formula is C19H14F3N5O3. The fourth-order valence-corrected chi connectivity index (χ4v) is 3.68. The Morgan fingerprint density at radius 1 is 1.33 bits per heavy atom. The number of aryl methyl sites for hydroxylation is 1. The van der Waals surface area contributed by atoms with Crippen LogP contribution in [0, 0.1) is 12.7 Å². The van der Waals surface area contributed by atoms with Gasteiger partial charge in [-0.25, -0.2) is 28.1 Å². The van der Waals surface area contributed by atoms with Gasteiger partial charge in [-0.15, -0.1) is 0 Å². The van der Waals surface area contributed by atoms with Gasteiger partial charge in [-0.05, 0) is 18.6 Å². The van der Waals surface area contributed by atoms with Crippen LogP contribution < -0.4 is 0 Å². The first-order chi connectivity index (χ1) is 14.5. The molecular weight excluding hydrogens is 403 g/mol.